The number of benzene rings is 1. The highest BCUT2D eigenvalue weighted by molar-refractivity contribution is 6.04. The van der Waals surface area contributed by atoms with Crippen molar-refractivity contribution in [1.29, 1.82) is 0 Å². The number of carbonyl (C=O) groups excluding carboxylic acids is 2. The molecule has 1 atom stereocenters. The summed E-state index contributed by atoms with van der Waals surface area (Å²) in [5.41, 5.74) is 2.33. The van der Waals surface area contributed by atoms with E-state index in [9.17, 15) is 9.59 Å². The van der Waals surface area contributed by atoms with Crippen LogP contribution >= 0.6 is 0 Å². The topological polar surface area (TPSA) is 83.4 Å². The zero-order chi connectivity index (χ0) is 24.7. The number of hydrogen-bond acceptors (Lipinski definition) is 5. The molecule has 0 unspecified atom stereocenters. The predicted octanol–water partition coefficient (Wildman–Crippen LogP) is 4.31. The standard InChI is InChI=1S/C27H34N6O2/c1-5-21-26(35)31(4)23-16-29-27(30-24(23)33(21)20-8-6-7-9-20)32-13-12-18-14-19(10-11-22(18)32)25(34)28-15-17(2)3/h10-14,16-17,20-21H,5-9,15H2,1-4H3,(H,28,34)/t21-/m1/s1. The molecular formula is C27H34N6O2. The van der Waals surface area contributed by atoms with Crippen LogP contribution < -0.4 is 15.1 Å². The zero-order valence-electron chi connectivity index (χ0n) is 21.0. The van der Waals surface area contributed by atoms with Crippen LogP contribution in [-0.2, 0) is 4.79 Å². The second kappa shape index (κ2) is 9.32. The van der Waals surface area contributed by atoms with Gasteiger partial charge in [-0.05, 0) is 49.4 Å². The summed E-state index contributed by atoms with van der Waals surface area (Å²) in [6, 6.07) is 7.80. The molecule has 2 aliphatic rings. The van der Waals surface area contributed by atoms with E-state index in [0.717, 1.165) is 41.7 Å². The fraction of sp³-hybridized carbons (Fsp3) is 0.481. The van der Waals surface area contributed by atoms with E-state index < -0.39 is 0 Å². The number of rotatable bonds is 6. The smallest absolute Gasteiger partial charge is 0.251 e. The van der Waals surface area contributed by atoms with Crippen molar-refractivity contribution in [2.45, 2.75) is 65.0 Å². The van der Waals surface area contributed by atoms with E-state index in [0.29, 0.717) is 30.0 Å². The molecule has 0 saturated heterocycles. The Balaban J connectivity index is 1.53. The molecule has 0 radical (unpaired) electrons. The molecule has 3 heterocycles. The minimum Gasteiger partial charge on any atom is -0.352 e. The van der Waals surface area contributed by atoms with Gasteiger partial charge in [0.25, 0.3) is 5.91 Å². The SMILES string of the molecule is CC[C@@H]1C(=O)N(C)c2cnc(-n3ccc4cc(C(=O)NCC(C)C)ccc43)nc2N1C1CCCC1. The quantitative estimate of drug-likeness (QED) is 0.576. The van der Waals surface area contributed by atoms with Gasteiger partial charge in [-0.1, -0.05) is 33.6 Å². The van der Waals surface area contributed by atoms with Gasteiger partial charge >= 0.3 is 0 Å². The molecule has 184 valence electrons. The molecule has 1 aromatic carbocycles. The predicted molar refractivity (Wildman–Crippen MR) is 138 cm³/mol. The molecular weight excluding hydrogens is 440 g/mol. The number of fused-ring (bicyclic) bond motifs is 2. The average Bonchev–Trinajstić information content (AvgIpc) is 3.54. The van der Waals surface area contributed by atoms with E-state index >= 15 is 0 Å². The Morgan fingerprint density at radius 1 is 1.20 bits per heavy atom. The maximum atomic E-state index is 13.1. The first-order chi connectivity index (χ1) is 16.9. The summed E-state index contributed by atoms with van der Waals surface area (Å²) in [6.45, 7) is 6.87. The van der Waals surface area contributed by atoms with Gasteiger partial charge in [0.05, 0.1) is 11.7 Å². The van der Waals surface area contributed by atoms with Crippen LogP contribution in [0, 0.1) is 5.92 Å². The summed E-state index contributed by atoms with van der Waals surface area (Å²) in [4.78, 5) is 39.3. The Morgan fingerprint density at radius 3 is 2.69 bits per heavy atom. The lowest BCUT2D eigenvalue weighted by Crippen LogP contribution is -2.55. The minimum absolute atomic E-state index is 0.0658. The van der Waals surface area contributed by atoms with Crippen LogP contribution in [0.5, 0.6) is 0 Å². The maximum Gasteiger partial charge on any atom is 0.251 e. The summed E-state index contributed by atoms with van der Waals surface area (Å²) >= 11 is 0. The summed E-state index contributed by atoms with van der Waals surface area (Å²) in [6.07, 6.45) is 8.99. The van der Waals surface area contributed by atoms with Gasteiger partial charge in [-0.15, -0.1) is 0 Å². The third kappa shape index (κ3) is 4.15. The third-order valence-corrected chi connectivity index (χ3v) is 7.24. The molecule has 1 N–H and O–H groups in total. The van der Waals surface area contributed by atoms with Crippen molar-refractivity contribution >= 4 is 34.2 Å². The Hall–Kier alpha value is -3.42. The monoisotopic (exact) mass is 474 g/mol. The highest BCUT2D eigenvalue weighted by atomic mass is 16.2. The number of nitrogens with zero attached hydrogens (tertiary/aromatic N) is 5. The molecule has 2 aromatic heterocycles. The van der Waals surface area contributed by atoms with Crippen LogP contribution in [0.3, 0.4) is 0 Å². The second-order valence-corrected chi connectivity index (χ2v) is 10.1. The Bertz CT molecular complexity index is 1260. The van der Waals surface area contributed by atoms with Crippen LogP contribution in [-0.4, -0.2) is 52.0 Å². The number of hydrogen-bond donors (Lipinski definition) is 1. The summed E-state index contributed by atoms with van der Waals surface area (Å²) in [7, 11) is 1.82. The number of likely N-dealkylation sites (N-methyl/N-ethyl adjacent to an activating group) is 1. The van der Waals surface area contributed by atoms with Gasteiger partial charge < -0.3 is 15.1 Å². The van der Waals surface area contributed by atoms with Gasteiger partial charge in [0, 0.05) is 36.8 Å². The Kier molecular flexibility index (Phi) is 6.21. The van der Waals surface area contributed by atoms with E-state index in [2.05, 4.69) is 36.0 Å². The van der Waals surface area contributed by atoms with Gasteiger partial charge in [0.2, 0.25) is 11.9 Å². The normalized spacial score (nSPS) is 18.5. The van der Waals surface area contributed by atoms with Crippen LogP contribution in [0.4, 0.5) is 11.5 Å². The van der Waals surface area contributed by atoms with Gasteiger partial charge in [-0.2, -0.15) is 4.98 Å². The van der Waals surface area contributed by atoms with Gasteiger partial charge in [-0.3, -0.25) is 14.2 Å². The zero-order valence-corrected chi connectivity index (χ0v) is 21.0. The van der Waals surface area contributed by atoms with Crippen LogP contribution in [0.1, 0.15) is 63.2 Å². The van der Waals surface area contributed by atoms with E-state index in [1.54, 1.807) is 11.1 Å². The number of aromatic nitrogens is 3. The van der Waals surface area contributed by atoms with Crippen molar-refractivity contribution in [3.63, 3.8) is 0 Å². The fourth-order valence-electron chi connectivity index (χ4n) is 5.35. The van der Waals surface area contributed by atoms with Crippen molar-refractivity contribution in [3.05, 3.63) is 42.2 Å². The molecule has 3 aromatic rings. The molecule has 2 amide bonds. The Labute approximate surface area is 206 Å². The number of anilines is 2. The number of nitrogens with one attached hydrogen (secondary N) is 1. The third-order valence-electron chi connectivity index (χ3n) is 7.24. The van der Waals surface area contributed by atoms with Crippen LogP contribution in [0.25, 0.3) is 16.9 Å². The van der Waals surface area contributed by atoms with E-state index in [4.69, 9.17) is 4.98 Å². The first-order valence-corrected chi connectivity index (χ1v) is 12.7. The molecule has 1 saturated carbocycles. The van der Waals surface area contributed by atoms with Gasteiger partial charge in [0.15, 0.2) is 5.82 Å². The van der Waals surface area contributed by atoms with Crippen molar-refractivity contribution < 1.29 is 9.59 Å². The van der Waals surface area contributed by atoms with Crippen LogP contribution in [0.2, 0.25) is 0 Å². The van der Waals surface area contributed by atoms with Gasteiger partial charge in [0.1, 0.15) is 11.7 Å². The Morgan fingerprint density at radius 2 is 1.97 bits per heavy atom. The lowest BCUT2D eigenvalue weighted by Gasteiger charge is -2.43. The molecule has 0 bridgehead atoms. The van der Waals surface area contributed by atoms with E-state index in [1.165, 1.54) is 12.8 Å². The molecule has 8 nitrogen and oxygen atoms in total. The first kappa shape index (κ1) is 23.3. The van der Waals surface area contributed by atoms with E-state index in [1.807, 2.05) is 42.1 Å². The lowest BCUT2D eigenvalue weighted by molar-refractivity contribution is -0.120. The average molecular weight is 475 g/mol. The van der Waals surface area contributed by atoms with Crippen molar-refractivity contribution in [2.24, 2.45) is 5.92 Å². The molecule has 5 rings (SSSR count). The molecule has 8 heteroatoms. The number of carbonyl (C=O) groups is 2. The largest absolute Gasteiger partial charge is 0.352 e. The van der Waals surface area contributed by atoms with Crippen molar-refractivity contribution in [1.82, 2.24) is 19.9 Å². The minimum atomic E-state index is -0.202. The molecule has 1 fully saturated rings. The maximum absolute atomic E-state index is 13.1. The van der Waals surface area contributed by atoms with Gasteiger partial charge in [-0.25, -0.2) is 4.98 Å². The van der Waals surface area contributed by atoms with E-state index in [-0.39, 0.29) is 17.9 Å². The second-order valence-electron chi connectivity index (χ2n) is 10.1. The van der Waals surface area contributed by atoms with Crippen LogP contribution in [0.15, 0.2) is 36.7 Å². The summed E-state index contributed by atoms with van der Waals surface area (Å²) in [5, 5.41) is 3.93. The van der Waals surface area contributed by atoms with Crippen molar-refractivity contribution in [2.75, 3.05) is 23.4 Å². The highest BCUT2D eigenvalue weighted by Gasteiger charge is 2.41. The molecule has 35 heavy (non-hydrogen) atoms. The molecule has 0 spiro atoms. The highest BCUT2D eigenvalue weighted by Crippen LogP contribution is 2.39. The van der Waals surface area contributed by atoms with Crippen molar-refractivity contribution in [3.8, 4) is 5.95 Å². The fourth-order valence-corrected chi connectivity index (χ4v) is 5.35. The number of amides is 2. The summed E-state index contributed by atoms with van der Waals surface area (Å²) in [5.74, 6) is 1.84. The lowest BCUT2D eigenvalue weighted by atomic mass is 10.0. The molecule has 1 aliphatic heterocycles. The first-order valence-electron chi connectivity index (χ1n) is 12.7. The summed E-state index contributed by atoms with van der Waals surface area (Å²) < 4.78 is 1.95. The molecule has 1 aliphatic carbocycles.